The predicted octanol–water partition coefficient (Wildman–Crippen LogP) is 1.77. The summed E-state index contributed by atoms with van der Waals surface area (Å²) >= 11 is 4.21. The van der Waals surface area contributed by atoms with Crippen LogP contribution in [0.3, 0.4) is 0 Å². The Morgan fingerprint density at radius 1 is 1.60 bits per heavy atom. The highest BCUT2D eigenvalue weighted by atomic mass is 32.1. The van der Waals surface area contributed by atoms with E-state index in [0.29, 0.717) is 17.2 Å². The Bertz CT molecular complexity index is 314. The minimum atomic E-state index is -0.0872. The van der Waals surface area contributed by atoms with Crippen molar-refractivity contribution in [3.8, 4) is 0 Å². The molecule has 0 spiro atoms. The number of pyridine rings is 1. The van der Waals surface area contributed by atoms with Gasteiger partial charge in [-0.1, -0.05) is 13.8 Å². The molecule has 82 valence electrons. The first-order valence-electron chi connectivity index (χ1n) is 4.97. The SMILES string of the molecule is CC(C)[C@H](CS)NC(=O)c1cccnc1. The van der Waals surface area contributed by atoms with Crippen molar-refractivity contribution in [2.75, 3.05) is 5.75 Å². The lowest BCUT2D eigenvalue weighted by Gasteiger charge is -2.20. The van der Waals surface area contributed by atoms with Crippen molar-refractivity contribution >= 4 is 18.5 Å². The molecule has 0 radical (unpaired) electrons. The summed E-state index contributed by atoms with van der Waals surface area (Å²) in [6.45, 7) is 4.12. The molecule has 0 aromatic carbocycles. The average Bonchev–Trinajstić information content (AvgIpc) is 2.26. The van der Waals surface area contributed by atoms with E-state index in [0.717, 1.165) is 0 Å². The molecule has 1 heterocycles. The van der Waals surface area contributed by atoms with E-state index in [2.05, 4.69) is 36.8 Å². The van der Waals surface area contributed by atoms with Gasteiger partial charge in [-0.3, -0.25) is 9.78 Å². The van der Waals surface area contributed by atoms with Crippen LogP contribution in [0.5, 0.6) is 0 Å². The van der Waals surface area contributed by atoms with Crippen molar-refractivity contribution in [1.82, 2.24) is 10.3 Å². The summed E-state index contributed by atoms with van der Waals surface area (Å²) < 4.78 is 0. The average molecular weight is 224 g/mol. The number of nitrogens with zero attached hydrogens (tertiary/aromatic N) is 1. The van der Waals surface area contributed by atoms with Gasteiger partial charge in [-0.25, -0.2) is 0 Å². The summed E-state index contributed by atoms with van der Waals surface area (Å²) in [6, 6.07) is 3.60. The maximum atomic E-state index is 11.7. The van der Waals surface area contributed by atoms with E-state index in [1.165, 1.54) is 0 Å². The third-order valence-electron chi connectivity index (χ3n) is 2.24. The van der Waals surface area contributed by atoms with E-state index < -0.39 is 0 Å². The first-order chi connectivity index (χ1) is 7.15. The fourth-order valence-corrected chi connectivity index (χ4v) is 1.68. The number of hydrogen-bond acceptors (Lipinski definition) is 3. The van der Waals surface area contributed by atoms with Crippen molar-refractivity contribution in [2.24, 2.45) is 5.92 Å². The second-order valence-electron chi connectivity index (χ2n) is 3.75. The smallest absolute Gasteiger partial charge is 0.253 e. The Morgan fingerprint density at radius 2 is 2.33 bits per heavy atom. The Labute approximate surface area is 95.7 Å². The fraction of sp³-hybridized carbons (Fsp3) is 0.455. The minimum absolute atomic E-state index is 0.0872. The van der Waals surface area contributed by atoms with Crippen LogP contribution in [0.15, 0.2) is 24.5 Å². The maximum Gasteiger partial charge on any atom is 0.253 e. The highest BCUT2D eigenvalue weighted by Crippen LogP contribution is 2.05. The van der Waals surface area contributed by atoms with Crippen LogP contribution in [0.25, 0.3) is 0 Å². The summed E-state index contributed by atoms with van der Waals surface area (Å²) in [5.41, 5.74) is 0.588. The maximum absolute atomic E-state index is 11.7. The van der Waals surface area contributed by atoms with Gasteiger partial charge in [-0.15, -0.1) is 0 Å². The van der Waals surface area contributed by atoms with Gasteiger partial charge in [0.2, 0.25) is 0 Å². The van der Waals surface area contributed by atoms with Crippen LogP contribution in [0.4, 0.5) is 0 Å². The van der Waals surface area contributed by atoms with Gasteiger partial charge in [0.15, 0.2) is 0 Å². The first-order valence-corrected chi connectivity index (χ1v) is 5.60. The normalized spacial score (nSPS) is 12.5. The quantitative estimate of drug-likeness (QED) is 0.765. The second-order valence-corrected chi connectivity index (χ2v) is 4.11. The Kier molecular flexibility index (Phi) is 4.62. The third kappa shape index (κ3) is 3.55. The van der Waals surface area contributed by atoms with E-state index in [1.54, 1.807) is 24.5 Å². The van der Waals surface area contributed by atoms with Gasteiger partial charge in [0, 0.05) is 24.2 Å². The van der Waals surface area contributed by atoms with Gasteiger partial charge in [-0.05, 0) is 18.1 Å². The molecule has 1 atom stereocenters. The van der Waals surface area contributed by atoms with Crippen LogP contribution in [0.2, 0.25) is 0 Å². The molecule has 1 N–H and O–H groups in total. The number of carbonyl (C=O) groups excluding carboxylic acids is 1. The highest BCUT2D eigenvalue weighted by molar-refractivity contribution is 7.80. The molecule has 1 rings (SSSR count). The first kappa shape index (κ1) is 12.0. The van der Waals surface area contributed by atoms with Crippen molar-refractivity contribution in [3.05, 3.63) is 30.1 Å². The number of amides is 1. The molecular weight excluding hydrogens is 208 g/mol. The number of hydrogen-bond donors (Lipinski definition) is 2. The van der Waals surface area contributed by atoms with E-state index in [1.807, 2.05) is 0 Å². The van der Waals surface area contributed by atoms with Gasteiger partial charge >= 0.3 is 0 Å². The molecule has 3 nitrogen and oxygen atoms in total. The summed E-state index contributed by atoms with van der Waals surface area (Å²) in [5.74, 6) is 0.933. The van der Waals surface area contributed by atoms with Crippen LogP contribution >= 0.6 is 12.6 Å². The van der Waals surface area contributed by atoms with Gasteiger partial charge in [-0.2, -0.15) is 12.6 Å². The molecule has 0 saturated heterocycles. The van der Waals surface area contributed by atoms with Gasteiger partial charge in [0.25, 0.3) is 5.91 Å². The summed E-state index contributed by atoms with van der Waals surface area (Å²) in [5, 5.41) is 2.93. The molecule has 1 aromatic heterocycles. The zero-order valence-electron chi connectivity index (χ0n) is 8.97. The lowest BCUT2D eigenvalue weighted by molar-refractivity contribution is 0.0931. The lowest BCUT2D eigenvalue weighted by Crippen LogP contribution is -2.39. The van der Waals surface area contributed by atoms with Crippen LogP contribution in [0, 0.1) is 5.92 Å². The fourth-order valence-electron chi connectivity index (χ4n) is 1.17. The summed E-state index contributed by atoms with van der Waals surface area (Å²) in [4.78, 5) is 15.6. The zero-order valence-corrected chi connectivity index (χ0v) is 9.87. The number of nitrogens with one attached hydrogen (secondary N) is 1. The molecule has 0 saturated carbocycles. The largest absolute Gasteiger partial charge is 0.348 e. The van der Waals surface area contributed by atoms with Gasteiger partial charge < -0.3 is 5.32 Å². The minimum Gasteiger partial charge on any atom is -0.348 e. The molecule has 0 fully saturated rings. The number of carbonyl (C=O) groups is 1. The molecule has 4 heteroatoms. The summed E-state index contributed by atoms with van der Waals surface area (Å²) in [6.07, 6.45) is 3.21. The topological polar surface area (TPSA) is 42.0 Å². The van der Waals surface area contributed by atoms with Crippen LogP contribution in [-0.4, -0.2) is 22.7 Å². The van der Waals surface area contributed by atoms with E-state index >= 15 is 0 Å². The molecule has 1 aromatic rings. The standard InChI is InChI=1S/C11H16N2OS/c1-8(2)10(7-15)13-11(14)9-4-3-5-12-6-9/h3-6,8,10,15H,7H2,1-2H3,(H,13,14)/t10-/m0/s1. The lowest BCUT2D eigenvalue weighted by atomic mass is 10.1. The Morgan fingerprint density at radius 3 is 2.80 bits per heavy atom. The third-order valence-corrected chi connectivity index (χ3v) is 2.64. The van der Waals surface area contributed by atoms with Crippen molar-refractivity contribution < 1.29 is 4.79 Å². The van der Waals surface area contributed by atoms with Crippen molar-refractivity contribution in [2.45, 2.75) is 19.9 Å². The number of aromatic nitrogens is 1. The summed E-state index contributed by atoms with van der Waals surface area (Å²) in [7, 11) is 0. The molecule has 0 bridgehead atoms. The van der Waals surface area contributed by atoms with E-state index in [4.69, 9.17) is 0 Å². The molecular formula is C11H16N2OS. The zero-order chi connectivity index (χ0) is 11.3. The molecule has 0 aliphatic heterocycles. The van der Waals surface area contributed by atoms with Crippen molar-refractivity contribution in [3.63, 3.8) is 0 Å². The predicted molar refractivity (Wildman–Crippen MR) is 64.2 cm³/mol. The molecule has 0 aliphatic rings. The molecule has 0 aliphatic carbocycles. The van der Waals surface area contributed by atoms with E-state index in [-0.39, 0.29) is 11.9 Å². The molecule has 0 unspecified atom stereocenters. The molecule has 1 amide bonds. The number of rotatable bonds is 4. The van der Waals surface area contributed by atoms with Crippen molar-refractivity contribution in [1.29, 1.82) is 0 Å². The molecule has 15 heavy (non-hydrogen) atoms. The van der Waals surface area contributed by atoms with Gasteiger partial charge in [0.1, 0.15) is 0 Å². The van der Waals surface area contributed by atoms with Gasteiger partial charge in [0.05, 0.1) is 5.56 Å². The van der Waals surface area contributed by atoms with Crippen LogP contribution < -0.4 is 5.32 Å². The Hall–Kier alpha value is -1.03. The monoisotopic (exact) mass is 224 g/mol. The number of thiol groups is 1. The second kappa shape index (κ2) is 5.75. The highest BCUT2D eigenvalue weighted by Gasteiger charge is 2.15. The van der Waals surface area contributed by atoms with Crippen LogP contribution in [-0.2, 0) is 0 Å². The van der Waals surface area contributed by atoms with E-state index in [9.17, 15) is 4.79 Å². The Balaban J connectivity index is 2.63. The van der Waals surface area contributed by atoms with Crippen LogP contribution in [0.1, 0.15) is 24.2 Å².